The number of aliphatic hydroxyl groups is 1. The summed E-state index contributed by atoms with van der Waals surface area (Å²) in [6.45, 7) is 2.17. The second-order valence-corrected chi connectivity index (χ2v) is 5.29. The molecule has 0 aliphatic carbocycles. The molecule has 1 aromatic heterocycles. The Kier molecular flexibility index (Phi) is 4.18. The summed E-state index contributed by atoms with van der Waals surface area (Å²) in [6.07, 6.45) is 0.477. The van der Waals surface area contributed by atoms with Crippen molar-refractivity contribution in [2.24, 2.45) is 0 Å². The van der Waals surface area contributed by atoms with E-state index < -0.39 is 5.79 Å². The SMILES string of the molecule is CCC(O)(OCc1ccc2ccccc2n1)c1ccccc1. The fourth-order valence-corrected chi connectivity index (χ4v) is 2.47. The van der Waals surface area contributed by atoms with Crippen LogP contribution in [0.2, 0.25) is 0 Å². The van der Waals surface area contributed by atoms with Gasteiger partial charge in [0.05, 0.1) is 17.8 Å². The summed E-state index contributed by atoms with van der Waals surface area (Å²) >= 11 is 0. The van der Waals surface area contributed by atoms with Gasteiger partial charge in [0.2, 0.25) is 0 Å². The van der Waals surface area contributed by atoms with Crippen molar-refractivity contribution in [2.45, 2.75) is 25.7 Å². The molecule has 3 aromatic rings. The van der Waals surface area contributed by atoms with Gasteiger partial charge in [-0.05, 0) is 12.1 Å². The standard InChI is InChI=1S/C19H19NO2/c1-2-19(21,16-9-4-3-5-10-16)22-14-17-13-12-15-8-6-7-11-18(15)20-17/h3-13,21H,2,14H2,1H3. The summed E-state index contributed by atoms with van der Waals surface area (Å²) in [6, 6.07) is 21.4. The van der Waals surface area contributed by atoms with Crippen molar-refractivity contribution in [1.82, 2.24) is 4.98 Å². The minimum absolute atomic E-state index is 0.268. The summed E-state index contributed by atoms with van der Waals surface area (Å²) < 4.78 is 5.79. The first-order valence-corrected chi connectivity index (χ1v) is 7.48. The summed E-state index contributed by atoms with van der Waals surface area (Å²) in [5.41, 5.74) is 2.50. The summed E-state index contributed by atoms with van der Waals surface area (Å²) in [7, 11) is 0. The highest BCUT2D eigenvalue weighted by Gasteiger charge is 2.28. The number of rotatable bonds is 5. The molecule has 2 aromatic carbocycles. The second kappa shape index (κ2) is 6.26. The average Bonchev–Trinajstić information content (AvgIpc) is 2.60. The summed E-state index contributed by atoms with van der Waals surface area (Å²) in [5.74, 6) is -1.28. The van der Waals surface area contributed by atoms with Crippen molar-refractivity contribution < 1.29 is 9.84 Å². The lowest BCUT2D eigenvalue weighted by Crippen LogP contribution is -2.28. The van der Waals surface area contributed by atoms with Gasteiger partial charge in [0.25, 0.3) is 0 Å². The number of fused-ring (bicyclic) bond motifs is 1. The van der Waals surface area contributed by atoms with Crippen LogP contribution in [0, 0.1) is 0 Å². The maximum Gasteiger partial charge on any atom is 0.192 e. The van der Waals surface area contributed by atoms with Crippen LogP contribution >= 0.6 is 0 Å². The third-order valence-electron chi connectivity index (χ3n) is 3.82. The third-order valence-corrected chi connectivity index (χ3v) is 3.82. The molecule has 22 heavy (non-hydrogen) atoms. The Morgan fingerprint density at radius 3 is 2.45 bits per heavy atom. The smallest absolute Gasteiger partial charge is 0.192 e. The zero-order valence-electron chi connectivity index (χ0n) is 12.6. The zero-order valence-corrected chi connectivity index (χ0v) is 12.6. The lowest BCUT2D eigenvalue weighted by molar-refractivity contribution is -0.222. The number of benzene rings is 2. The van der Waals surface area contributed by atoms with Gasteiger partial charge in [-0.25, -0.2) is 0 Å². The predicted molar refractivity (Wildman–Crippen MR) is 87.2 cm³/mol. The van der Waals surface area contributed by atoms with Crippen LogP contribution in [0.1, 0.15) is 24.6 Å². The van der Waals surface area contributed by atoms with E-state index in [1.54, 1.807) is 0 Å². The van der Waals surface area contributed by atoms with Gasteiger partial charge in [-0.15, -0.1) is 0 Å². The van der Waals surface area contributed by atoms with Crippen molar-refractivity contribution >= 4 is 10.9 Å². The average molecular weight is 293 g/mol. The highest BCUT2D eigenvalue weighted by molar-refractivity contribution is 5.78. The molecule has 0 spiro atoms. The van der Waals surface area contributed by atoms with Crippen molar-refractivity contribution in [2.75, 3.05) is 0 Å². The van der Waals surface area contributed by atoms with Crippen LogP contribution in [0.25, 0.3) is 10.9 Å². The van der Waals surface area contributed by atoms with Crippen molar-refractivity contribution in [3.63, 3.8) is 0 Å². The van der Waals surface area contributed by atoms with Gasteiger partial charge in [0.1, 0.15) is 0 Å². The zero-order chi connectivity index (χ0) is 15.4. The van der Waals surface area contributed by atoms with Crippen molar-refractivity contribution in [3.8, 4) is 0 Å². The first-order valence-electron chi connectivity index (χ1n) is 7.48. The highest BCUT2D eigenvalue weighted by atomic mass is 16.6. The normalized spacial score (nSPS) is 13.9. The van der Waals surface area contributed by atoms with E-state index in [2.05, 4.69) is 4.98 Å². The number of hydrogen-bond donors (Lipinski definition) is 1. The number of para-hydroxylation sites is 1. The summed E-state index contributed by atoms with van der Waals surface area (Å²) in [5, 5.41) is 11.8. The molecule has 1 heterocycles. The lowest BCUT2D eigenvalue weighted by atomic mass is 10.0. The van der Waals surface area contributed by atoms with E-state index in [0.717, 1.165) is 22.2 Å². The molecule has 1 atom stereocenters. The van der Waals surface area contributed by atoms with Gasteiger partial charge >= 0.3 is 0 Å². The van der Waals surface area contributed by atoms with Gasteiger partial charge < -0.3 is 9.84 Å². The van der Waals surface area contributed by atoms with E-state index in [1.807, 2.05) is 73.7 Å². The third kappa shape index (κ3) is 3.01. The Hall–Kier alpha value is -2.23. The molecule has 0 saturated heterocycles. The lowest BCUT2D eigenvalue weighted by Gasteiger charge is -2.27. The van der Waals surface area contributed by atoms with Gasteiger partial charge in [0.15, 0.2) is 5.79 Å². The van der Waals surface area contributed by atoms with E-state index in [-0.39, 0.29) is 6.61 Å². The van der Waals surface area contributed by atoms with Crippen LogP contribution in [-0.2, 0) is 17.1 Å². The minimum Gasteiger partial charge on any atom is -0.362 e. The topological polar surface area (TPSA) is 42.4 Å². The van der Waals surface area contributed by atoms with Crippen LogP contribution in [0.5, 0.6) is 0 Å². The van der Waals surface area contributed by atoms with Crippen LogP contribution < -0.4 is 0 Å². The Morgan fingerprint density at radius 2 is 1.68 bits per heavy atom. The predicted octanol–water partition coefficient (Wildman–Crippen LogP) is 4.01. The van der Waals surface area contributed by atoms with Crippen LogP contribution in [-0.4, -0.2) is 10.1 Å². The highest BCUT2D eigenvalue weighted by Crippen LogP contribution is 2.27. The molecule has 0 amide bonds. The van der Waals surface area contributed by atoms with E-state index in [4.69, 9.17) is 4.74 Å². The first kappa shape index (κ1) is 14.7. The molecule has 0 aliphatic rings. The van der Waals surface area contributed by atoms with E-state index in [0.29, 0.717) is 6.42 Å². The molecule has 1 unspecified atom stereocenters. The fraction of sp³-hybridized carbons (Fsp3) is 0.211. The molecule has 3 nitrogen and oxygen atoms in total. The second-order valence-electron chi connectivity index (χ2n) is 5.29. The molecule has 3 heteroatoms. The molecule has 0 bridgehead atoms. The monoisotopic (exact) mass is 293 g/mol. The molecule has 0 radical (unpaired) electrons. The Morgan fingerprint density at radius 1 is 0.955 bits per heavy atom. The number of aromatic nitrogens is 1. The van der Waals surface area contributed by atoms with Gasteiger partial charge in [-0.3, -0.25) is 4.98 Å². The number of hydrogen-bond acceptors (Lipinski definition) is 3. The Labute approximate surface area is 130 Å². The Bertz CT molecular complexity index is 757. The molecular weight excluding hydrogens is 274 g/mol. The van der Waals surface area contributed by atoms with Gasteiger partial charge in [-0.1, -0.05) is 61.5 Å². The van der Waals surface area contributed by atoms with Crippen LogP contribution in [0.4, 0.5) is 0 Å². The minimum atomic E-state index is -1.28. The maximum absolute atomic E-state index is 10.7. The number of pyridine rings is 1. The number of ether oxygens (including phenoxy) is 1. The molecule has 0 saturated carbocycles. The van der Waals surface area contributed by atoms with E-state index >= 15 is 0 Å². The van der Waals surface area contributed by atoms with Crippen LogP contribution in [0.3, 0.4) is 0 Å². The largest absolute Gasteiger partial charge is 0.362 e. The quantitative estimate of drug-likeness (QED) is 0.723. The molecule has 3 rings (SSSR count). The van der Waals surface area contributed by atoms with Crippen molar-refractivity contribution in [3.05, 3.63) is 78.0 Å². The number of nitrogens with zero attached hydrogens (tertiary/aromatic N) is 1. The van der Waals surface area contributed by atoms with Crippen LogP contribution in [0.15, 0.2) is 66.7 Å². The Balaban J connectivity index is 1.79. The fourth-order valence-electron chi connectivity index (χ4n) is 2.47. The maximum atomic E-state index is 10.7. The van der Waals surface area contributed by atoms with Gasteiger partial charge in [-0.2, -0.15) is 0 Å². The van der Waals surface area contributed by atoms with Gasteiger partial charge in [0, 0.05) is 17.4 Å². The van der Waals surface area contributed by atoms with E-state index in [9.17, 15) is 5.11 Å². The molecular formula is C19H19NO2. The first-order chi connectivity index (χ1) is 10.7. The molecule has 0 fully saturated rings. The molecule has 1 N–H and O–H groups in total. The van der Waals surface area contributed by atoms with Crippen molar-refractivity contribution in [1.29, 1.82) is 0 Å². The van der Waals surface area contributed by atoms with E-state index in [1.165, 1.54) is 0 Å². The summed E-state index contributed by atoms with van der Waals surface area (Å²) in [4.78, 5) is 4.57. The molecule has 112 valence electrons. The molecule has 0 aliphatic heterocycles.